The Labute approximate surface area is 150 Å². The molecule has 0 saturated heterocycles. The van der Waals surface area contributed by atoms with E-state index in [1.54, 1.807) is 35.8 Å². The monoisotopic (exact) mass is 349 g/mol. The number of rotatable bonds is 5. The quantitative estimate of drug-likeness (QED) is 0.545. The van der Waals surface area contributed by atoms with E-state index >= 15 is 0 Å². The summed E-state index contributed by atoms with van der Waals surface area (Å²) in [6.45, 7) is 6.33. The molecule has 0 saturated carbocycles. The van der Waals surface area contributed by atoms with Gasteiger partial charge >= 0.3 is 0 Å². The Morgan fingerprint density at radius 1 is 1.12 bits per heavy atom. The van der Waals surface area contributed by atoms with Gasteiger partial charge in [0, 0.05) is 10.9 Å². The van der Waals surface area contributed by atoms with Crippen LogP contribution in [0.2, 0.25) is 0 Å². The largest absolute Gasteiger partial charge is 0.508 e. The molecule has 0 aliphatic heterocycles. The lowest BCUT2D eigenvalue weighted by Crippen LogP contribution is -2.12. The molecule has 0 unspecified atom stereocenters. The smallest absolute Gasteiger partial charge is 0.206 e. The highest BCUT2D eigenvalue weighted by Gasteiger charge is 2.07. The molecule has 25 heavy (non-hydrogen) atoms. The summed E-state index contributed by atoms with van der Waals surface area (Å²) < 4.78 is 1.84. The summed E-state index contributed by atoms with van der Waals surface area (Å²) in [5.41, 5.74) is 4.20. The third kappa shape index (κ3) is 4.14. The summed E-state index contributed by atoms with van der Waals surface area (Å²) in [6.07, 6.45) is 3.52. The van der Waals surface area contributed by atoms with Gasteiger partial charge in [0.1, 0.15) is 5.75 Å². The highest BCUT2D eigenvalue weighted by Crippen LogP contribution is 2.20. The summed E-state index contributed by atoms with van der Waals surface area (Å²) in [7, 11) is 0. The van der Waals surface area contributed by atoms with Crippen LogP contribution in [0.15, 0.2) is 76.7 Å². The number of phenols is 1. The van der Waals surface area contributed by atoms with Crippen LogP contribution in [0.3, 0.4) is 0 Å². The number of aryl methyl sites for hydroxylation is 1. The molecule has 0 radical (unpaired) electrons. The molecule has 0 aliphatic carbocycles. The topological polar surface area (TPSA) is 49.9 Å². The van der Waals surface area contributed by atoms with Crippen LogP contribution >= 0.6 is 11.3 Å². The van der Waals surface area contributed by atoms with Gasteiger partial charge in [0.05, 0.1) is 18.5 Å². The first-order valence-corrected chi connectivity index (χ1v) is 8.77. The van der Waals surface area contributed by atoms with Crippen molar-refractivity contribution in [2.24, 2.45) is 10.1 Å². The average Bonchev–Trinajstić information content (AvgIpc) is 3.03. The van der Waals surface area contributed by atoms with Crippen LogP contribution in [0.5, 0.6) is 5.75 Å². The van der Waals surface area contributed by atoms with E-state index in [0.717, 1.165) is 21.6 Å². The van der Waals surface area contributed by atoms with Crippen molar-refractivity contribution in [1.82, 2.24) is 4.68 Å². The van der Waals surface area contributed by atoms with Gasteiger partial charge in [0.2, 0.25) is 4.80 Å². The van der Waals surface area contributed by atoms with Gasteiger partial charge in [-0.05, 0) is 36.8 Å². The molecule has 0 atom stereocenters. The van der Waals surface area contributed by atoms with Gasteiger partial charge < -0.3 is 5.11 Å². The number of phenolic OH excluding ortho intramolecular Hbond substituents is 1. The molecule has 0 bridgehead atoms. The van der Waals surface area contributed by atoms with Crippen molar-refractivity contribution in [3.05, 3.63) is 82.5 Å². The third-order valence-corrected chi connectivity index (χ3v) is 4.46. The summed E-state index contributed by atoms with van der Waals surface area (Å²) >= 11 is 1.55. The summed E-state index contributed by atoms with van der Waals surface area (Å²) in [5.74, 6) is 0.238. The van der Waals surface area contributed by atoms with Crippen molar-refractivity contribution in [3.8, 4) is 17.0 Å². The highest BCUT2D eigenvalue weighted by molar-refractivity contribution is 7.07. The fourth-order valence-corrected chi connectivity index (χ4v) is 3.12. The van der Waals surface area contributed by atoms with E-state index in [1.807, 2.05) is 16.8 Å². The lowest BCUT2D eigenvalue weighted by atomic mass is 10.1. The van der Waals surface area contributed by atoms with Gasteiger partial charge in [0.15, 0.2) is 0 Å². The van der Waals surface area contributed by atoms with Crippen molar-refractivity contribution < 1.29 is 5.11 Å². The standard InChI is InChI=1S/C20H19N3OS/c1-3-12-21-20-23(22-13-16-6-10-18(24)11-7-16)19(14-25-20)17-8-4-15(2)5-9-17/h3-11,13-14,24H,1,12H2,2H3. The molecule has 0 spiro atoms. The summed E-state index contributed by atoms with van der Waals surface area (Å²) in [6, 6.07) is 15.3. The van der Waals surface area contributed by atoms with Crippen molar-refractivity contribution in [1.29, 1.82) is 0 Å². The predicted octanol–water partition coefficient (Wildman–Crippen LogP) is 4.20. The lowest BCUT2D eigenvalue weighted by Gasteiger charge is -2.04. The minimum absolute atomic E-state index is 0.238. The Morgan fingerprint density at radius 2 is 1.84 bits per heavy atom. The van der Waals surface area contributed by atoms with E-state index in [4.69, 9.17) is 0 Å². The zero-order valence-corrected chi connectivity index (χ0v) is 14.8. The normalized spacial score (nSPS) is 12.0. The van der Waals surface area contributed by atoms with E-state index in [9.17, 15) is 5.11 Å². The Balaban J connectivity index is 2.05. The Bertz CT molecular complexity index is 948. The molecule has 3 aromatic rings. The van der Waals surface area contributed by atoms with Crippen molar-refractivity contribution >= 4 is 17.6 Å². The van der Waals surface area contributed by atoms with Crippen molar-refractivity contribution in [2.75, 3.05) is 6.54 Å². The average molecular weight is 349 g/mol. The SMILES string of the molecule is C=CCN=c1scc(-c2ccc(C)cc2)n1N=Cc1ccc(O)cc1. The second-order valence-corrected chi connectivity index (χ2v) is 6.38. The number of aromatic hydroxyl groups is 1. The van der Waals surface area contributed by atoms with Crippen LogP contribution in [0, 0.1) is 6.92 Å². The maximum Gasteiger partial charge on any atom is 0.206 e. The third-order valence-electron chi connectivity index (χ3n) is 3.60. The Morgan fingerprint density at radius 3 is 2.52 bits per heavy atom. The molecule has 4 nitrogen and oxygen atoms in total. The molecule has 1 heterocycles. The summed E-state index contributed by atoms with van der Waals surface area (Å²) in [5, 5.41) is 16.1. The number of thiazole rings is 1. The second kappa shape index (κ2) is 7.77. The zero-order chi connectivity index (χ0) is 17.6. The minimum atomic E-state index is 0.238. The minimum Gasteiger partial charge on any atom is -0.508 e. The number of benzene rings is 2. The molecule has 2 aromatic carbocycles. The molecule has 0 fully saturated rings. The van der Waals surface area contributed by atoms with Gasteiger partial charge in [0.25, 0.3) is 0 Å². The number of aromatic nitrogens is 1. The van der Waals surface area contributed by atoms with E-state index in [1.165, 1.54) is 5.56 Å². The first-order valence-electron chi connectivity index (χ1n) is 7.90. The fourth-order valence-electron chi connectivity index (χ4n) is 2.27. The molecule has 1 N–H and O–H groups in total. The van der Waals surface area contributed by atoms with Crippen LogP contribution in [0.25, 0.3) is 11.3 Å². The van der Waals surface area contributed by atoms with Crippen LogP contribution < -0.4 is 4.80 Å². The zero-order valence-electron chi connectivity index (χ0n) is 14.0. The first kappa shape index (κ1) is 16.9. The van der Waals surface area contributed by atoms with Crippen LogP contribution in [-0.4, -0.2) is 22.5 Å². The number of hydrogen-bond acceptors (Lipinski definition) is 4. The molecule has 5 heteroatoms. The molecular formula is C20H19N3OS. The number of hydrogen-bond donors (Lipinski definition) is 1. The van der Waals surface area contributed by atoms with E-state index < -0.39 is 0 Å². The van der Waals surface area contributed by atoms with Gasteiger partial charge in [-0.2, -0.15) is 5.10 Å². The Kier molecular flexibility index (Phi) is 5.26. The summed E-state index contributed by atoms with van der Waals surface area (Å²) in [4.78, 5) is 5.34. The van der Waals surface area contributed by atoms with Crippen LogP contribution in [0.1, 0.15) is 11.1 Å². The molecule has 3 rings (SSSR count). The first-order chi connectivity index (χ1) is 12.2. The molecule has 0 aliphatic rings. The Hall–Kier alpha value is -2.92. The second-order valence-electron chi connectivity index (χ2n) is 5.55. The molecule has 1 aromatic heterocycles. The van der Waals surface area contributed by atoms with E-state index in [0.29, 0.717) is 6.54 Å². The van der Waals surface area contributed by atoms with Crippen LogP contribution in [0.4, 0.5) is 0 Å². The van der Waals surface area contributed by atoms with Crippen molar-refractivity contribution in [2.45, 2.75) is 6.92 Å². The van der Waals surface area contributed by atoms with Crippen molar-refractivity contribution in [3.63, 3.8) is 0 Å². The molecular weight excluding hydrogens is 330 g/mol. The van der Waals surface area contributed by atoms with E-state index in [-0.39, 0.29) is 5.75 Å². The van der Waals surface area contributed by atoms with Gasteiger partial charge in [-0.25, -0.2) is 4.68 Å². The highest BCUT2D eigenvalue weighted by atomic mass is 32.1. The van der Waals surface area contributed by atoms with Crippen LogP contribution in [-0.2, 0) is 0 Å². The maximum absolute atomic E-state index is 9.39. The predicted molar refractivity (Wildman–Crippen MR) is 104 cm³/mol. The number of nitrogens with zero attached hydrogens (tertiary/aromatic N) is 3. The fraction of sp³-hybridized carbons (Fsp3) is 0.100. The lowest BCUT2D eigenvalue weighted by molar-refractivity contribution is 0.475. The molecule has 0 amide bonds. The van der Waals surface area contributed by atoms with Gasteiger partial charge in [-0.1, -0.05) is 35.9 Å². The van der Waals surface area contributed by atoms with E-state index in [2.05, 4.69) is 53.2 Å². The van der Waals surface area contributed by atoms with Gasteiger partial charge in [-0.15, -0.1) is 17.9 Å². The van der Waals surface area contributed by atoms with Gasteiger partial charge in [-0.3, -0.25) is 4.99 Å². The maximum atomic E-state index is 9.39. The molecule has 126 valence electrons.